The Hall–Kier alpha value is -3.94. The first-order valence-electron chi connectivity index (χ1n) is 10.9. The molecule has 0 spiro atoms. The minimum atomic E-state index is -0.232. The smallest absolute Gasteiger partial charge is 0.261 e. The summed E-state index contributed by atoms with van der Waals surface area (Å²) in [4.78, 5) is 26.5. The van der Waals surface area contributed by atoms with Gasteiger partial charge in [0.1, 0.15) is 11.6 Å². The van der Waals surface area contributed by atoms with Crippen molar-refractivity contribution >= 4 is 22.5 Å². The van der Waals surface area contributed by atoms with Crippen molar-refractivity contribution in [3.63, 3.8) is 0 Å². The zero-order valence-corrected chi connectivity index (χ0v) is 18.3. The summed E-state index contributed by atoms with van der Waals surface area (Å²) < 4.78 is 20.2. The van der Waals surface area contributed by atoms with Crippen LogP contribution in [0.5, 0.6) is 5.75 Å². The summed E-state index contributed by atoms with van der Waals surface area (Å²) in [6, 6.07) is 16.1. The Labute approximate surface area is 190 Å². The first kappa shape index (κ1) is 20.9. The van der Waals surface area contributed by atoms with Crippen molar-refractivity contribution in [2.75, 3.05) is 43.1 Å². The van der Waals surface area contributed by atoms with Crippen LogP contribution in [0.1, 0.15) is 5.56 Å². The molecule has 168 valence electrons. The number of piperazine rings is 1. The van der Waals surface area contributed by atoms with Crippen LogP contribution in [0.4, 0.5) is 16.0 Å². The Balaban J connectivity index is 1.33. The molecule has 0 atom stereocenters. The van der Waals surface area contributed by atoms with Gasteiger partial charge in [-0.1, -0.05) is 18.2 Å². The lowest BCUT2D eigenvalue weighted by Gasteiger charge is -2.36. The third-order valence-electron chi connectivity index (χ3n) is 6.00. The molecule has 0 amide bonds. The molecule has 0 bridgehead atoms. The van der Waals surface area contributed by atoms with E-state index in [-0.39, 0.29) is 11.4 Å². The molecule has 0 saturated carbocycles. The number of hydrogen-bond donors (Lipinski definition) is 0. The van der Waals surface area contributed by atoms with Gasteiger partial charge in [0.05, 0.1) is 24.6 Å². The molecule has 0 N–H and O–H groups in total. The molecule has 33 heavy (non-hydrogen) atoms. The summed E-state index contributed by atoms with van der Waals surface area (Å²) in [5.41, 5.74) is 2.43. The highest BCUT2D eigenvalue weighted by Gasteiger charge is 2.20. The number of rotatable bonds is 5. The van der Waals surface area contributed by atoms with Gasteiger partial charge in [-0.3, -0.25) is 4.79 Å². The van der Waals surface area contributed by atoms with E-state index in [1.165, 1.54) is 12.1 Å². The van der Waals surface area contributed by atoms with Crippen LogP contribution in [0.2, 0.25) is 0 Å². The van der Waals surface area contributed by atoms with Gasteiger partial charge in [0, 0.05) is 49.8 Å². The molecule has 2 aromatic heterocycles. The van der Waals surface area contributed by atoms with Crippen molar-refractivity contribution in [1.29, 1.82) is 0 Å². The lowest BCUT2D eigenvalue weighted by atomic mass is 10.2. The highest BCUT2D eigenvalue weighted by molar-refractivity contribution is 5.77. The summed E-state index contributed by atoms with van der Waals surface area (Å²) >= 11 is 0. The van der Waals surface area contributed by atoms with E-state index in [9.17, 15) is 9.18 Å². The summed E-state index contributed by atoms with van der Waals surface area (Å²) in [6.45, 7) is 3.47. The van der Waals surface area contributed by atoms with Crippen LogP contribution in [-0.4, -0.2) is 47.8 Å². The van der Waals surface area contributed by atoms with Crippen LogP contribution in [0.3, 0.4) is 0 Å². The minimum Gasteiger partial charge on any atom is -0.496 e. The van der Waals surface area contributed by atoms with E-state index in [1.807, 2.05) is 30.3 Å². The molecule has 1 saturated heterocycles. The maximum Gasteiger partial charge on any atom is 0.261 e. The van der Waals surface area contributed by atoms with Crippen LogP contribution in [0.25, 0.3) is 10.9 Å². The van der Waals surface area contributed by atoms with E-state index in [0.717, 1.165) is 43.2 Å². The minimum absolute atomic E-state index is 0.133. The molecular formula is C25H24FN5O2. The molecule has 1 aliphatic heterocycles. The van der Waals surface area contributed by atoms with Gasteiger partial charge >= 0.3 is 0 Å². The number of hydrogen-bond acceptors (Lipinski definition) is 6. The number of methoxy groups -OCH3 is 1. The summed E-state index contributed by atoms with van der Waals surface area (Å²) in [5.74, 6) is 1.13. The van der Waals surface area contributed by atoms with Gasteiger partial charge in [-0.25, -0.2) is 14.4 Å². The number of halogens is 1. The van der Waals surface area contributed by atoms with Gasteiger partial charge < -0.3 is 19.1 Å². The molecule has 2 aromatic carbocycles. The fourth-order valence-electron chi connectivity index (χ4n) is 4.17. The molecule has 8 heteroatoms. The molecule has 5 rings (SSSR count). The Bertz CT molecular complexity index is 1330. The Kier molecular flexibility index (Phi) is 5.64. The molecule has 1 aliphatic rings. The largest absolute Gasteiger partial charge is 0.496 e. The quantitative estimate of drug-likeness (QED) is 0.470. The Morgan fingerprint density at radius 2 is 1.70 bits per heavy atom. The van der Waals surface area contributed by atoms with Crippen molar-refractivity contribution in [2.24, 2.45) is 0 Å². The van der Waals surface area contributed by atoms with E-state index < -0.39 is 0 Å². The van der Waals surface area contributed by atoms with Crippen LogP contribution < -0.4 is 20.1 Å². The fourth-order valence-corrected chi connectivity index (χ4v) is 4.17. The van der Waals surface area contributed by atoms with Crippen molar-refractivity contribution in [2.45, 2.75) is 6.54 Å². The predicted octanol–water partition coefficient (Wildman–Crippen LogP) is 3.31. The van der Waals surface area contributed by atoms with E-state index in [1.54, 1.807) is 36.2 Å². The fraction of sp³-hybridized carbons (Fsp3) is 0.240. The molecule has 7 nitrogen and oxygen atoms in total. The SMILES string of the molecule is COc1ccccc1Cn1ccc2nc(N3CCN(c4ccc(F)cc4)CC3)ncc2c1=O. The zero-order chi connectivity index (χ0) is 22.8. The summed E-state index contributed by atoms with van der Waals surface area (Å²) in [5, 5.41) is 0.487. The number of aromatic nitrogens is 3. The molecule has 0 unspecified atom stereocenters. The highest BCUT2D eigenvalue weighted by atomic mass is 19.1. The normalized spacial score (nSPS) is 14.0. The van der Waals surface area contributed by atoms with Gasteiger partial charge in [-0.05, 0) is 36.4 Å². The summed E-state index contributed by atoms with van der Waals surface area (Å²) in [6.07, 6.45) is 3.38. The monoisotopic (exact) mass is 445 g/mol. The Morgan fingerprint density at radius 3 is 2.45 bits per heavy atom. The highest BCUT2D eigenvalue weighted by Crippen LogP contribution is 2.21. The van der Waals surface area contributed by atoms with Gasteiger partial charge in [-0.2, -0.15) is 0 Å². The molecular weight excluding hydrogens is 421 g/mol. The van der Waals surface area contributed by atoms with Crippen LogP contribution in [0, 0.1) is 5.82 Å². The summed E-state index contributed by atoms with van der Waals surface area (Å²) in [7, 11) is 1.62. The number of ether oxygens (including phenoxy) is 1. The first-order chi connectivity index (χ1) is 16.1. The second kappa shape index (κ2) is 8.90. The molecule has 0 radical (unpaired) electrons. The average molecular weight is 445 g/mol. The van der Waals surface area contributed by atoms with Crippen LogP contribution in [-0.2, 0) is 6.54 Å². The molecule has 3 heterocycles. The topological polar surface area (TPSA) is 63.5 Å². The van der Waals surface area contributed by atoms with E-state index in [2.05, 4.69) is 19.8 Å². The third-order valence-corrected chi connectivity index (χ3v) is 6.00. The van der Waals surface area contributed by atoms with Crippen LogP contribution >= 0.6 is 0 Å². The van der Waals surface area contributed by atoms with E-state index >= 15 is 0 Å². The molecule has 4 aromatic rings. The van der Waals surface area contributed by atoms with Crippen molar-refractivity contribution in [3.05, 3.63) is 88.7 Å². The maximum atomic E-state index is 13.2. The zero-order valence-electron chi connectivity index (χ0n) is 18.3. The average Bonchev–Trinajstić information content (AvgIpc) is 2.86. The molecule has 0 aliphatic carbocycles. The Morgan fingerprint density at radius 1 is 0.970 bits per heavy atom. The maximum absolute atomic E-state index is 13.2. The number of anilines is 2. The number of para-hydroxylation sites is 1. The second-order valence-electron chi connectivity index (χ2n) is 7.98. The number of benzene rings is 2. The van der Waals surface area contributed by atoms with Crippen molar-refractivity contribution in [3.8, 4) is 5.75 Å². The lowest BCUT2D eigenvalue weighted by Crippen LogP contribution is -2.47. The second-order valence-corrected chi connectivity index (χ2v) is 7.98. The van der Waals surface area contributed by atoms with Crippen molar-refractivity contribution < 1.29 is 9.13 Å². The third kappa shape index (κ3) is 4.24. The van der Waals surface area contributed by atoms with Gasteiger partial charge in [0.2, 0.25) is 5.95 Å². The number of fused-ring (bicyclic) bond motifs is 1. The predicted molar refractivity (Wildman–Crippen MR) is 127 cm³/mol. The van der Waals surface area contributed by atoms with E-state index in [0.29, 0.717) is 23.4 Å². The molecule has 1 fully saturated rings. The first-order valence-corrected chi connectivity index (χ1v) is 10.9. The van der Waals surface area contributed by atoms with Gasteiger partial charge in [0.15, 0.2) is 0 Å². The standard InChI is InChI=1S/C25H24FN5O2/c1-33-23-5-3-2-4-18(23)17-31-11-10-22-21(24(31)32)16-27-25(28-22)30-14-12-29(13-15-30)20-8-6-19(26)7-9-20/h2-11,16H,12-15,17H2,1H3. The van der Waals surface area contributed by atoms with Crippen molar-refractivity contribution in [1.82, 2.24) is 14.5 Å². The van der Waals surface area contributed by atoms with Gasteiger partial charge in [0.25, 0.3) is 5.56 Å². The van der Waals surface area contributed by atoms with Gasteiger partial charge in [-0.15, -0.1) is 0 Å². The van der Waals surface area contributed by atoms with E-state index in [4.69, 9.17) is 4.74 Å². The van der Waals surface area contributed by atoms with Crippen LogP contribution in [0.15, 0.2) is 71.8 Å². The number of pyridine rings is 1. The lowest BCUT2D eigenvalue weighted by molar-refractivity contribution is 0.408. The number of nitrogens with zero attached hydrogens (tertiary/aromatic N) is 5.